The molecule has 1 aliphatic heterocycles. The van der Waals surface area contributed by atoms with Gasteiger partial charge in [0.25, 0.3) is 5.91 Å². The van der Waals surface area contributed by atoms with Gasteiger partial charge >= 0.3 is 0 Å². The van der Waals surface area contributed by atoms with Gasteiger partial charge in [0, 0.05) is 20.1 Å². The minimum atomic E-state index is 0.00277. The Morgan fingerprint density at radius 1 is 1.29 bits per heavy atom. The highest BCUT2D eigenvalue weighted by atomic mass is 16.2. The molecule has 0 saturated carbocycles. The van der Waals surface area contributed by atoms with Gasteiger partial charge in [-0.1, -0.05) is 12.1 Å². The van der Waals surface area contributed by atoms with Crippen LogP contribution in [0.2, 0.25) is 0 Å². The number of aliphatic imine (C=N–C) groups is 1. The molecule has 0 spiro atoms. The number of hydrogen-bond acceptors (Lipinski definition) is 3. The lowest BCUT2D eigenvalue weighted by Crippen LogP contribution is -2.33. The van der Waals surface area contributed by atoms with Gasteiger partial charge in [0.05, 0.1) is 11.6 Å². The van der Waals surface area contributed by atoms with Gasteiger partial charge in [0.15, 0.2) is 0 Å². The van der Waals surface area contributed by atoms with Crippen LogP contribution < -0.4 is 0 Å². The van der Waals surface area contributed by atoms with E-state index in [1.165, 1.54) is 0 Å². The van der Waals surface area contributed by atoms with Crippen LogP contribution in [0, 0.1) is 11.3 Å². The van der Waals surface area contributed by atoms with Crippen LogP contribution in [0.5, 0.6) is 0 Å². The Balaban J connectivity index is 2.18. The Morgan fingerprint density at radius 3 is 2.43 bits per heavy atom. The Hall–Kier alpha value is -2.41. The number of likely N-dealkylation sites (tertiary alicyclic amines) is 1. The summed E-state index contributed by atoms with van der Waals surface area (Å²) in [5.74, 6) is 0.00277. The summed E-state index contributed by atoms with van der Waals surface area (Å²) in [7, 11) is 1.64. The first-order chi connectivity index (χ1) is 10.2. The highest BCUT2D eigenvalue weighted by Crippen LogP contribution is 2.16. The Morgan fingerprint density at radius 2 is 1.90 bits per heavy atom. The molecule has 0 radical (unpaired) electrons. The summed E-state index contributed by atoms with van der Waals surface area (Å²) in [4.78, 5) is 18.3. The predicted octanol–water partition coefficient (Wildman–Crippen LogP) is 2.65. The van der Waals surface area contributed by atoms with Crippen LogP contribution >= 0.6 is 0 Å². The summed E-state index contributed by atoms with van der Waals surface area (Å²) in [6, 6.07) is 9.42. The fraction of sp³-hybridized carbons (Fsp3) is 0.353. The van der Waals surface area contributed by atoms with E-state index in [0.717, 1.165) is 37.1 Å². The lowest BCUT2D eigenvalue weighted by atomic mass is 10.0. The first-order valence-corrected chi connectivity index (χ1v) is 7.10. The zero-order valence-electron chi connectivity index (χ0n) is 12.5. The Kier molecular flexibility index (Phi) is 4.89. The molecule has 0 atom stereocenters. The number of benzene rings is 1. The van der Waals surface area contributed by atoms with E-state index < -0.39 is 0 Å². The van der Waals surface area contributed by atoms with E-state index in [1.54, 1.807) is 19.2 Å². The van der Waals surface area contributed by atoms with Crippen molar-refractivity contribution in [3.8, 4) is 6.07 Å². The summed E-state index contributed by atoms with van der Waals surface area (Å²) in [5.41, 5.74) is 3.07. The molecule has 0 aromatic heterocycles. The zero-order valence-corrected chi connectivity index (χ0v) is 12.5. The van der Waals surface area contributed by atoms with Crippen molar-refractivity contribution < 1.29 is 4.79 Å². The SMILES string of the molecule is C/N=C(\C=C(/C)c1ccc(C#N)cc1)C(=O)N1CCCC1. The lowest BCUT2D eigenvalue weighted by molar-refractivity contribution is -0.123. The van der Waals surface area contributed by atoms with Crippen LogP contribution in [0.15, 0.2) is 35.3 Å². The minimum Gasteiger partial charge on any atom is -0.337 e. The molecule has 1 aliphatic rings. The minimum absolute atomic E-state index is 0.00277. The Bertz CT molecular complexity index is 614. The third kappa shape index (κ3) is 3.57. The molecule has 108 valence electrons. The summed E-state index contributed by atoms with van der Waals surface area (Å²) >= 11 is 0. The number of carbonyl (C=O) groups excluding carboxylic acids is 1. The number of allylic oxidation sites excluding steroid dienone is 1. The summed E-state index contributed by atoms with van der Waals surface area (Å²) in [6.45, 7) is 3.59. The maximum atomic E-state index is 12.4. The van der Waals surface area contributed by atoms with Crippen LogP contribution in [0.25, 0.3) is 5.57 Å². The van der Waals surface area contributed by atoms with Crippen LogP contribution in [0.3, 0.4) is 0 Å². The quantitative estimate of drug-likeness (QED) is 0.800. The standard InChI is InChI=1S/C17H19N3O/c1-13(15-7-5-14(12-18)6-8-15)11-16(19-2)17(21)20-9-3-4-10-20/h5-8,11H,3-4,9-10H2,1-2H3/b13-11+,19-16+. The number of hydrogen-bond donors (Lipinski definition) is 0. The summed E-state index contributed by atoms with van der Waals surface area (Å²) in [6.07, 6.45) is 3.96. The van der Waals surface area contributed by atoms with Crippen LogP contribution in [-0.2, 0) is 4.79 Å². The molecule has 1 saturated heterocycles. The van der Waals surface area contributed by atoms with Crippen molar-refractivity contribution in [3.05, 3.63) is 41.5 Å². The third-order valence-electron chi connectivity index (χ3n) is 3.68. The van der Waals surface area contributed by atoms with E-state index in [4.69, 9.17) is 5.26 Å². The first-order valence-electron chi connectivity index (χ1n) is 7.10. The monoisotopic (exact) mass is 281 g/mol. The van der Waals surface area contributed by atoms with Crippen molar-refractivity contribution in [1.82, 2.24) is 4.90 Å². The second kappa shape index (κ2) is 6.85. The normalized spacial score (nSPS) is 16.0. The second-order valence-electron chi connectivity index (χ2n) is 5.12. The molecule has 2 rings (SSSR count). The molecule has 1 fully saturated rings. The molecule has 0 aliphatic carbocycles. The van der Waals surface area contributed by atoms with Crippen molar-refractivity contribution in [1.29, 1.82) is 5.26 Å². The van der Waals surface area contributed by atoms with E-state index in [-0.39, 0.29) is 5.91 Å². The summed E-state index contributed by atoms with van der Waals surface area (Å²) < 4.78 is 0. The van der Waals surface area contributed by atoms with Crippen molar-refractivity contribution in [2.45, 2.75) is 19.8 Å². The van der Waals surface area contributed by atoms with E-state index in [9.17, 15) is 4.79 Å². The molecule has 4 heteroatoms. The fourth-order valence-electron chi connectivity index (χ4n) is 2.40. The van der Waals surface area contributed by atoms with Gasteiger partial charge in [-0.25, -0.2) is 0 Å². The number of amides is 1. The molecule has 21 heavy (non-hydrogen) atoms. The Labute approximate surface area is 125 Å². The molecule has 0 N–H and O–H groups in total. The molecule has 0 unspecified atom stereocenters. The number of carbonyl (C=O) groups is 1. The van der Waals surface area contributed by atoms with E-state index >= 15 is 0 Å². The number of nitriles is 1. The van der Waals surface area contributed by atoms with Crippen molar-refractivity contribution in [3.63, 3.8) is 0 Å². The van der Waals surface area contributed by atoms with Gasteiger partial charge in [-0.2, -0.15) is 5.26 Å². The predicted molar refractivity (Wildman–Crippen MR) is 84.0 cm³/mol. The lowest BCUT2D eigenvalue weighted by Gasteiger charge is -2.15. The average Bonchev–Trinajstić information content (AvgIpc) is 3.06. The van der Waals surface area contributed by atoms with Gasteiger partial charge in [-0.05, 0) is 49.1 Å². The van der Waals surface area contributed by atoms with E-state index in [2.05, 4.69) is 11.1 Å². The highest BCUT2D eigenvalue weighted by molar-refractivity contribution is 6.44. The van der Waals surface area contributed by atoms with Gasteiger partial charge < -0.3 is 4.90 Å². The van der Waals surface area contributed by atoms with Crippen LogP contribution in [0.1, 0.15) is 30.9 Å². The molecule has 1 heterocycles. The van der Waals surface area contributed by atoms with E-state index in [1.807, 2.05) is 30.0 Å². The van der Waals surface area contributed by atoms with Gasteiger partial charge in [0.2, 0.25) is 0 Å². The third-order valence-corrected chi connectivity index (χ3v) is 3.68. The largest absolute Gasteiger partial charge is 0.337 e. The molecule has 0 bridgehead atoms. The van der Waals surface area contributed by atoms with Gasteiger partial charge in [0.1, 0.15) is 5.71 Å². The molecule has 1 aromatic carbocycles. The van der Waals surface area contributed by atoms with Crippen molar-refractivity contribution in [2.75, 3.05) is 20.1 Å². The van der Waals surface area contributed by atoms with Crippen LogP contribution in [-0.4, -0.2) is 36.7 Å². The maximum Gasteiger partial charge on any atom is 0.271 e. The molecule has 4 nitrogen and oxygen atoms in total. The van der Waals surface area contributed by atoms with Crippen LogP contribution in [0.4, 0.5) is 0 Å². The molecular formula is C17H19N3O. The van der Waals surface area contributed by atoms with Crippen molar-refractivity contribution >= 4 is 17.2 Å². The van der Waals surface area contributed by atoms with Gasteiger partial charge in [-0.3, -0.25) is 9.79 Å². The van der Waals surface area contributed by atoms with E-state index in [0.29, 0.717) is 11.3 Å². The molecule has 1 amide bonds. The number of nitrogens with zero attached hydrogens (tertiary/aromatic N) is 3. The fourth-order valence-corrected chi connectivity index (χ4v) is 2.40. The summed E-state index contributed by atoms with van der Waals surface area (Å²) in [5, 5.41) is 8.81. The average molecular weight is 281 g/mol. The first kappa shape index (κ1) is 15.0. The zero-order chi connectivity index (χ0) is 15.2. The smallest absolute Gasteiger partial charge is 0.271 e. The number of rotatable bonds is 3. The van der Waals surface area contributed by atoms with Crippen molar-refractivity contribution in [2.24, 2.45) is 4.99 Å². The highest BCUT2D eigenvalue weighted by Gasteiger charge is 2.21. The maximum absolute atomic E-state index is 12.4. The van der Waals surface area contributed by atoms with Gasteiger partial charge in [-0.15, -0.1) is 0 Å². The molecular weight excluding hydrogens is 262 g/mol. The second-order valence-corrected chi connectivity index (χ2v) is 5.12. The molecule has 1 aromatic rings. The topological polar surface area (TPSA) is 56.5 Å².